The van der Waals surface area contributed by atoms with Crippen LogP contribution in [0.25, 0.3) is 1.43 Å². The van der Waals surface area contributed by atoms with Crippen LogP contribution in [-0.2, 0) is 39.0 Å². The Balaban J connectivity index is -0.000000493. The summed E-state index contributed by atoms with van der Waals surface area (Å²) in [5.74, 6) is -8.08. The maximum atomic E-state index is 14.9. The Morgan fingerprint density at radius 3 is 0.865 bits per heavy atom. The van der Waals surface area contributed by atoms with Gasteiger partial charge in [0, 0.05) is 69.0 Å². The minimum Gasteiger partial charge on any atom is -0.508 e. The quantitative estimate of drug-likeness (QED) is 0.00215. The van der Waals surface area contributed by atoms with Gasteiger partial charge in [-0.2, -0.15) is 15.6 Å². The van der Waals surface area contributed by atoms with Gasteiger partial charge in [-0.25, -0.2) is 51.2 Å². The number of carboxylic acids is 1. The van der Waals surface area contributed by atoms with Crippen molar-refractivity contribution in [3.63, 3.8) is 0 Å². The van der Waals surface area contributed by atoms with Gasteiger partial charge < -0.3 is 62.9 Å². The number of aromatic hydroxyl groups is 2. The average molecular weight is 1880 g/mol. The minimum absolute atomic E-state index is 0. The zero-order valence-electron chi connectivity index (χ0n) is 60.2. The van der Waals surface area contributed by atoms with Crippen molar-refractivity contribution >= 4 is 126 Å². The first-order valence-corrected chi connectivity index (χ1v) is 36.9. The number of benzene rings is 5. The molecule has 0 unspecified atom stereocenters. The van der Waals surface area contributed by atoms with E-state index in [1.54, 1.807) is 7.18 Å². The van der Waals surface area contributed by atoms with Gasteiger partial charge in [0.1, 0.15) is 77.7 Å². The number of hydrogen-bond donors (Lipinski definition) is 7. The van der Waals surface area contributed by atoms with Crippen LogP contribution in [0.4, 0.5) is 26.3 Å². The van der Waals surface area contributed by atoms with Gasteiger partial charge in [-0.05, 0) is 90.3 Å². The fourth-order valence-corrected chi connectivity index (χ4v) is 12.1. The summed E-state index contributed by atoms with van der Waals surface area (Å²) in [6.45, 7) is 19.4. The maximum Gasteiger partial charge on any atom is 1.00 e. The second-order valence-corrected chi connectivity index (χ2v) is 27.0. The maximum absolute atomic E-state index is 14.9. The zero-order valence-corrected chi connectivity index (χ0v) is 74.2. The van der Waals surface area contributed by atoms with Crippen LogP contribution in [0.3, 0.4) is 0 Å². The van der Waals surface area contributed by atoms with E-state index in [0.717, 1.165) is 63.8 Å². The fraction of sp³-hybridized carbons (Fsp3) is 0.448. The number of carbonyl (C=O) groups is 6. The molecule has 0 saturated heterocycles. The van der Waals surface area contributed by atoms with Crippen molar-refractivity contribution in [1.29, 1.82) is 1.43 Å². The summed E-state index contributed by atoms with van der Waals surface area (Å²) in [5, 5.41) is 41.4. The number of rotatable bonds is 30. The topological polar surface area (TPSA) is 352 Å². The molecule has 0 aromatic heterocycles. The summed E-state index contributed by atoms with van der Waals surface area (Å²) in [6, 6.07) is 17.3. The van der Waals surface area contributed by atoms with Gasteiger partial charge in [0.15, 0.2) is 0 Å². The van der Waals surface area contributed by atoms with E-state index in [1.165, 1.54) is 48.5 Å². The molecule has 23 nitrogen and oxygen atoms in total. The van der Waals surface area contributed by atoms with Crippen LogP contribution < -0.4 is 117 Å². The third kappa shape index (κ3) is 49.9. The van der Waals surface area contributed by atoms with Crippen LogP contribution in [0.1, 0.15) is 121 Å². The molecule has 0 aliphatic heterocycles. The van der Waals surface area contributed by atoms with E-state index in [-0.39, 0.29) is 235 Å². The van der Waals surface area contributed by atoms with Crippen molar-refractivity contribution in [2.75, 3.05) is 79.5 Å². The van der Waals surface area contributed by atoms with Crippen molar-refractivity contribution in [2.45, 2.75) is 69.2 Å². The molecule has 0 bridgehead atoms. The third-order valence-corrected chi connectivity index (χ3v) is 17.4. The number of phenolic OH excluding ortho intramolecular Hbond substituents is 2. The smallest absolute Gasteiger partial charge is 0.508 e. The Kier molecular flexibility index (Phi) is 62.7. The van der Waals surface area contributed by atoms with Crippen LogP contribution in [0, 0.1) is 76.7 Å². The zero-order chi connectivity index (χ0) is 79.8. The number of aromatic carboxylic acids is 1. The first-order chi connectivity index (χ1) is 48.2. The molecule has 5 rings (SSSR count). The molecule has 37 heteroatoms. The van der Waals surface area contributed by atoms with Crippen LogP contribution in [0.2, 0.25) is 0 Å². The first kappa shape index (κ1) is 107. The van der Waals surface area contributed by atoms with Gasteiger partial charge in [-0.3, -0.25) is 13.9 Å². The van der Waals surface area contributed by atoms with Gasteiger partial charge in [-0.1, -0.05) is 149 Å². The number of carboxylic acid groups (broad SMARTS) is 1. The van der Waals surface area contributed by atoms with E-state index < -0.39 is 80.3 Å². The van der Waals surface area contributed by atoms with Gasteiger partial charge in [0.2, 0.25) is 0 Å². The van der Waals surface area contributed by atoms with Crippen LogP contribution >= 0.6 is 79.6 Å². The van der Waals surface area contributed by atoms with Crippen molar-refractivity contribution < 1.29 is 239 Å². The van der Waals surface area contributed by atoms with E-state index in [1.807, 2.05) is 69.2 Å². The molecular formula is C67H86Br5F6K2O23S+. The van der Waals surface area contributed by atoms with Gasteiger partial charge in [-0.15, -0.1) is 0 Å². The predicted molar refractivity (Wildman–Crippen MR) is 385 cm³/mol. The van der Waals surface area contributed by atoms with Crippen LogP contribution in [0.5, 0.6) is 28.7 Å². The number of aliphatic hydroxyl groups excluding tert-OH is 1. The number of halogens is 11. The molecule has 0 fully saturated rings. The van der Waals surface area contributed by atoms with Gasteiger partial charge in [0.25, 0.3) is 1.43 Å². The normalized spacial score (nSPS) is 10.6. The molecule has 5 aromatic carbocycles. The Morgan fingerprint density at radius 2 is 0.702 bits per heavy atom. The molecule has 0 amide bonds. The second-order valence-electron chi connectivity index (χ2n) is 23.3. The van der Waals surface area contributed by atoms with Crippen molar-refractivity contribution in [1.82, 2.24) is 0 Å². The number of ether oxygens (including phenoxy) is 7. The summed E-state index contributed by atoms with van der Waals surface area (Å²) in [6.07, 6.45) is 0. The summed E-state index contributed by atoms with van der Waals surface area (Å²) in [4.78, 5) is 70.8. The molecule has 0 saturated carbocycles. The molecule has 0 aliphatic carbocycles. The number of carbonyl (C=O) groups excluding carboxylic acids is 5. The monoisotopic (exact) mass is 1880 g/mol. The molecular weight excluding hydrogens is 1800 g/mol. The SMILES string of the molecule is BrCC(CBr)(CBr)CBr.CC(C)CO.CC(C)COC(=O)c1ccc(O)cc1F.CC(C)COC(=O)c1ccc(OCC(CBr)(COc2ccc(C(=O)OCC(C)C)c(F)c2)COc2ccc(C(=O)OCC(C)C)c(F)c2)cc1F.O=C(O)c1ccc(O)cc1F.O=S(=O)(O)O.[2H]OOC=O.[CH2-]F.[K+].[K+]. The minimum atomic E-state index is -4.67. The molecule has 5 aromatic rings. The van der Waals surface area contributed by atoms with Crippen molar-refractivity contribution in [3.05, 3.63) is 155 Å². The Bertz CT molecular complexity index is 3240. The summed E-state index contributed by atoms with van der Waals surface area (Å²) >= 11 is 17.3. The molecule has 0 aliphatic rings. The second kappa shape index (κ2) is 60.7. The molecule has 576 valence electrons. The summed E-state index contributed by atoms with van der Waals surface area (Å²) in [7, 11) is -2.92. The molecule has 7 N–H and O–H groups in total. The first-order valence-electron chi connectivity index (χ1n) is 30.3. The Morgan fingerprint density at radius 1 is 0.471 bits per heavy atom. The Hall–Kier alpha value is -3.04. The molecule has 104 heavy (non-hydrogen) atoms. The Labute approximate surface area is 730 Å². The summed E-state index contributed by atoms with van der Waals surface area (Å²) < 4.78 is 155. The predicted octanol–water partition coefficient (Wildman–Crippen LogP) is 9.96. The number of aliphatic hydroxyl groups is 1. The summed E-state index contributed by atoms with van der Waals surface area (Å²) in [5.41, 5.74) is -2.09. The molecule has 0 spiro atoms. The van der Waals surface area contributed by atoms with E-state index >= 15 is 0 Å². The molecule has 0 atom stereocenters. The van der Waals surface area contributed by atoms with Gasteiger partial charge >= 0.3 is 149 Å². The number of phenols is 2. The largest absolute Gasteiger partial charge is 1.00 e. The van der Waals surface area contributed by atoms with Crippen LogP contribution in [0.15, 0.2) is 91.0 Å². The van der Waals surface area contributed by atoms with Crippen LogP contribution in [-0.4, -0.2) is 159 Å². The number of alkyl halides is 5. The number of hydrogen-bond acceptors (Lipinski definition) is 20. The van der Waals surface area contributed by atoms with E-state index in [2.05, 4.69) is 89.8 Å². The van der Waals surface area contributed by atoms with Crippen molar-refractivity contribution in [3.8, 4) is 28.7 Å². The fourth-order valence-electron chi connectivity index (χ4n) is 6.05. The van der Waals surface area contributed by atoms with E-state index in [0.29, 0.717) is 17.9 Å². The molecule has 0 radical (unpaired) electrons. The van der Waals surface area contributed by atoms with E-state index in [9.17, 15) is 50.3 Å². The average Bonchev–Trinajstić information content (AvgIpc) is 0.832. The van der Waals surface area contributed by atoms with Crippen molar-refractivity contribution in [2.24, 2.45) is 40.4 Å². The standard InChI is InChI=1S/C38H44BrF3O9.C11H13FO3.C7H5FO3.C5H8Br4.C4H10O.CH2F.CH2O3.2K.H2O4S/c1-23(2)16-46-35(43)29-10-7-26(13-32(29)40)49-20-38(19-39,21-50-27-8-11-30(33(41)14-27)36(44)47-17-24(3)4)22-51-28-9-12-31(34(42)15-28)37(45)48-18-25(5)6;1-7(2)6-15-11(14)9-4-3-8(13)5-10(9)12;8-6-3-4(9)1-2-5(6)7(10)11;6-1-5(2-7,3-8)4-9;1-4(2)3-5;1-2;2-1-4-3;;;1-5(2,3)4/h7-15,23-25H,16-22H2,1-6H3;3-5,7,13H,6H2,1-2H3;1-3,9H,(H,10,11);1-4H2;4-5H,3H2,1-2H3;1H2;1,3H;;;(H2,1,2,3,4)/q;;;;;-1;;2*+1;/i/hD. The number of esters is 4. The van der Waals surface area contributed by atoms with Gasteiger partial charge in [0.05, 0.1) is 59.7 Å². The van der Waals surface area contributed by atoms with E-state index in [4.69, 9.17) is 77.3 Å². The molecule has 0 heterocycles. The third-order valence-electron chi connectivity index (χ3n) is 11.5.